The van der Waals surface area contributed by atoms with Crippen LogP contribution in [-0.2, 0) is 10.8 Å². The van der Waals surface area contributed by atoms with Crippen molar-refractivity contribution in [1.82, 2.24) is 0 Å². The van der Waals surface area contributed by atoms with Crippen molar-refractivity contribution in [2.75, 3.05) is 7.11 Å². The molecule has 0 bridgehead atoms. The Kier molecular flexibility index (Phi) is 5.87. The maximum Gasteiger partial charge on any atom is 0.300 e. The van der Waals surface area contributed by atoms with Crippen molar-refractivity contribution in [2.45, 2.75) is 52.4 Å². The molecule has 0 aliphatic heterocycles. The van der Waals surface area contributed by atoms with Crippen LogP contribution in [0.5, 0.6) is 17.2 Å². The van der Waals surface area contributed by atoms with E-state index in [1.165, 1.54) is 25.3 Å². The summed E-state index contributed by atoms with van der Waals surface area (Å²) in [5.74, 6) is -0.100. The number of nitro groups is 1. The first kappa shape index (κ1) is 22.1. The minimum Gasteiger partial charge on any atom is -0.505 e. The van der Waals surface area contributed by atoms with Gasteiger partial charge in [-0.2, -0.15) is 0 Å². The highest BCUT2D eigenvalue weighted by atomic mass is 16.6. The first-order valence-corrected chi connectivity index (χ1v) is 9.11. The van der Waals surface area contributed by atoms with Crippen LogP contribution in [0.15, 0.2) is 34.5 Å². The van der Waals surface area contributed by atoms with E-state index in [4.69, 9.17) is 4.74 Å². The molecule has 8 nitrogen and oxygen atoms in total. The predicted octanol–water partition coefficient (Wildman–Crippen LogP) is 6.03. The maximum absolute atomic E-state index is 11.4. The zero-order valence-corrected chi connectivity index (χ0v) is 17.8. The molecular weight excluding hydrogens is 374 g/mol. The van der Waals surface area contributed by atoms with Crippen LogP contribution in [0, 0.1) is 10.1 Å². The number of nitrogens with zero attached hydrogens (tertiary/aromatic N) is 3. The number of benzene rings is 2. The molecule has 156 valence electrons. The summed E-state index contributed by atoms with van der Waals surface area (Å²) in [6.45, 7) is 11.6. The van der Waals surface area contributed by atoms with Crippen molar-refractivity contribution in [3.05, 3.63) is 45.5 Å². The number of methoxy groups -OCH3 is 1. The fourth-order valence-corrected chi connectivity index (χ4v) is 2.85. The van der Waals surface area contributed by atoms with Crippen LogP contribution in [0.3, 0.4) is 0 Å². The van der Waals surface area contributed by atoms with E-state index in [-0.39, 0.29) is 28.6 Å². The van der Waals surface area contributed by atoms with Crippen LogP contribution in [0.25, 0.3) is 0 Å². The monoisotopic (exact) mass is 401 g/mol. The van der Waals surface area contributed by atoms with Gasteiger partial charge in [0.15, 0.2) is 22.9 Å². The molecule has 0 aliphatic rings. The van der Waals surface area contributed by atoms with Crippen molar-refractivity contribution in [2.24, 2.45) is 10.2 Å². The molecule has 0 radical (unpaired) electrons. The number of aromatic hydroxyl groups is 2. The lowest BCUT2D eigenvalue weighted by Crippen LogP contribution is -2.16. The minimum absolute atomic E-state index is 0.0203. The SMILES string of the molecule is COc1ccc(N=Nc2c(O)c(C(C)(C)C)cc(C(C)(C)C)c2O)c([N+](=O)[O-])c1. The van der Waals surface area contributed by atoms with Crippen molar-refractivity contribution in [3.63, 3.8) is 0 Å². The Bertz CT molecular complexity index is 931. The van der Waals surface area contributed by atoms with E-state index in [0.29, 0.717) is 16.9 Å². The van der Waals surface area contributed by atoms with Gasteiger partial charge < -0.3 is 14.9 Å². The Hall–Kier alpha value is -3.16. The fourth-order valence-electron chi connectivity index (χ4n) is 2.85. The zero-order chi connectivity index (χ0) is 22.1. The first-order valence-electron chi connectivity index (χ1n) is 9.11. The molecule has 0 spiro atoms. The molecule has 8 heteroatoms. The van der Waals surface area contributed by atoms with Gasteiger partial charge in [-0.3, -0.25) is 10.1 Å². The summed E-state index contributed by atoms with van der Waals surface area (Å²) in [6.07, 6.45) is 0. The number of hydrogen-bond acceptors (Lipinski definition) is 7. The van der Waals surface area contributed by atoms with E-state index in [0.717, 1.165) is 0 Å². The third kappa shape index (κ3) is 4.64. The summed E-state index contributed by atoms with van der Waals surface area (Å²) >= 11 is 0. The van der Waals surface area contributed by atoms with E-state index in [1.54, 1.807) is 6.07 Å². The van der Waals surface area contributed by atoms with Gasteiger partial charge in [0.05, 0.1) is 18.1 Å². The molecule has 0 fully saturated rings. The first-order chi connectivity index (χ1) is 13.3. The average molecular weight is 401 g/mol. The number of phenolic OH excluding ortho intramolecular Hbond substituents is 2. The number of ether oxygens (including phenoxy) is 1. The predicted molar refractivity (Wildman–Crippen MR) is 111 cm³/mol. The molecule has 0 aliphatic carbocycles. The molecule has 29 heavy (non-hydrogen) atoms. The minimum atomic E-state index is -0.594. The van der Waals surface area contributed by atoms with Crippen molar-refractivity contribution >= 4 is 17.1 Å². The van der Waals surface area contributed by atoms with Gasteiger partial charge >= 0.3 is 0 Å². The van der Waals surface area contributed by atoms with Crippen LogP contribution in [0.2, 0.25) is 0 Å². The molecule has 0 heterocycles. The average Bonchev–Trinajstić information content (AvgIpc) is 2.59. The summed E-state index contributed by atoms with van der Waals surface area (Å²) in [4.78, 5) is 10.8. The lowest BCUT2D eigenvalue weighted by atomic mass is 9.79. The molecule has 2 aromatic rings. The van der Waals surface area contributed by atoms with Gasteiger partial charge in [0, 0.05) is 11.1 Å². The highest BCUT2D eigenvalue weighted by molar-refractivity contribution is 5.70. The van der Waals surface area contributed by atoms with Gasteiger partial charge in [-0.15, -0.1) is 10.2 Å². The molecule has 0 atom stereocenters. The van der Waals surface area contributed by atoms with Crippen LogP contribution in [0.4, 0.5) is 17.1 Å². The van der Waals surface area contributed by atoms with Crippen LogP contribution < -0.4 is 4.74 Å². The normalized spacial score (nSPS) is 12.4. The summed E-state index contributed by atoms with van der Waals surface area (Å²) in [7, 11) is 1.41. The molecule has 0 saturated carbocycles. The Morgan fingerprint density at radius 1 is 0.931 bits per heavy atom. The third-order valence-electron chi connectivity index (χ3n) is 4.50. The molecule has 2 rings (SSSR count). The van der Waals surface area contributed by atoms with Gasteiger partial charge in [-0.25, -0.2) is 0 Å². The van der Waals surface area contributed by atoms with E-state index in [9.17, 15) is 20.3 Å². The summed E-state index contributed by atoms with van der Waals surface area (Å²) in [6, 6.07) is 5.92. The number of azo groups is 1. The van der Waals surface area contributed by atoms with Gasteiger partial charge in [-0.1, -0.05) is 41.5 Å². The van der Waals surface area contributed by atoms with Crippen LogP contribution in [0.1, 0.15) is 52.7 Å². The highest BCUT2D eigenvalue weighted by Crippen LogP contribution is 2.49. The summed E-state index contributed by atoms with van der Waals surface area (Å²) in [5, 5.41) is 40.8. The number of hydrogen-bond donors (Lipinski definition) is 2. The molecule has 0 saturated heterocycles. The standard InChI is InChI=1S/C21H27N3O5/c1-20(2,3)13-11-14(21(4,5)6)19(26)17(18(13)25)23-22-15-9-8-12(29-7)10-16(15)24(27)28/h8-11,25-26H,1-7H3. The van der Waals surface area contributed by atoms with Crippen molar-refractivity contribution in [1.29, 1.82) is 0 Å². The molecule has 0 unspecified atom stereocenters. The van der Waals surface area contributed by atoms with Crippen LogP contribution in [-0.4, -0.2) is 22.2 Å². The smallest absolute Gasteiger partial charge is 0.300 e. The van der Waals surface area contributed by atoms with Crippen molar-refractivity contribution < 1.29 is 19.9 Å². The van der Waals surface area contributed by atoms with Gasteiger partial charge in [0.2, 0.25) is 0 Å². The molecule has 2 aromatic carbocycles. The maximum atomic E-state index is 11.4. The van der Waals surface area contributed by atoms with E-state index >= 15 is 0 Å². The van der Waals surface area contributed by atoms with E-state index in [2.05, 4.69) is 10.2 Å². The van der Waals surface area contributed by atoms with E-state index in [1.807, 2.05) is 41.5 Å². The lowest BCUT2D eigenvalue weighted by Gasteiger charge is -2.27. The number of rotatable bonds is 4. The molecular formula is C21H27N3O5. The Balaban J connectivity index is 2.71. The van der Waals surface area contributed by atoms with Gasteiger partial charge in [0.25, 0.3) is 5.69 Å². The Labute approximate surface area is 170 Å². The third-order valence-corrected chi connectivity index (χ3v) is 4.50. The fraction of sp³-hybridized carbons (Fsp3) is 0.429. The second-order valence-electron chi connectivity index (χ2n) is 8.83. The molecule has 0 aromatic heterocycles. The largest absolute Gasteiger partial charge is 0.505 e. The number of phenols is 2. The quantitative estimate of drug-likeness (QED) is 0.369. The van der Waals surface area contributed by atoms with Gasteiger partial charge in [0.1, 0.15) is 5.75 Å². The lowest BCUT2D eigenvalue weighted by molar-refractivity contribution is -0.384. The Morgan fingerprint density at radius 2 is 1.45 bits per heavy atom. The summed E-state index contributed by atoms with van der Waals surface area (Å²) in [5.41, 5.74) is -0.0880. The van der Waals surface area contributed by atoms with Crippen molar-refractivity contribution in [3.8, 4) is 17.2 Å². The van der Waals surface area contributed by atoms with E-state index < -0.39 is 15.8 Å². The zero-order valence-electron chi connectivity index (χ0n) is 17.8. The Morgan fingerprint density at radius 3 is 1.86 bits per heavy atom. The molecule has 2 N–H and O–H groups in total. The number of nitro benzene ring substituents is 1. The van der Waals surface area contributed by atoms with Crippen LogP contribution >= 0.6 is 0 Å². The molecule has 0 amide bonds. The topological polar surface area (TPSA) is 118 Å². The highest BCUT2D eigenvalue weighted by Gasteiger charge is 2.29. The second kappa shape index (κ2) is 7.69. The van der Waals surface area contributed by atoms with Gasteiger partial charge in [-0.05, 0) is 29.0 Å². The second-order valence-corrected chi connectivity index (χ2v) is 8.83. The summed E-state index contributed by atoms with van der Waals surface area (Å²) < 4.78 is 5.01.